The fourth-order valence-corrected chi connectivity index (χ4v) is 3.65. The molecule has 0 bridgehead atoms. The number of hydrogen-bond acceptors (Lipinski definition) is 4. The van der Waals surface area contributed by atoms with Gasteiger partial charge in [0, 0.05) is 22.8 Å². The molecule has 0 fully saturated rings. The molecule has 3 aromatic rings. The topological polar surface area (TPSA) is 74.8 Å². The summed E-state index contributed by atoms with van der Waals surface area (Å²) < 4.78 is 0. The minimum atomic E-state index is -0.395. The summed E-state index contributed by atoms with van der Waals surface area (Å²) in [5.41, 5.74) is 1.37. The summed E-state index contributed by atoms with van der Waals surface area (Å²) in [6.07, 6.45) is 2.79. The van der Waals surface area contributed by atoms with Gasteiger partial charge in [0.2, 0.25) is 5.91 Å². The average molecular weight is 382 g/mol. The van der Waals surface area contributed by atoms with Crippen LogP contribution in [0.3, 0.4) is 0 Å². The predicted octanol–water partition coefficient (Wildman–Crippen LogP) is 4.39. The maximum absolute atomic E-state index is 12.7. The Morgan fingerprint density at radius 3 is 2.81 bits per heavy atom. The molecule has 1 heterocycles. The summed E-state index contributed by atoms with van der Waals surface area (Å²) in [7, 11) is 0. The largest absolute Gasteiger partial charge is 0.325 e. The lowest BCUT2D eigenvalue weighted by molar-refractivity contribution is -0.115. The van der Waals surface area contributed by atoms with Crippen molar-refractivity contribution in [2.75, 3.05) is 5.32 Å². The van der Waals surface area contributed by atoms with E-state index in [1.54, 1.807) is 0 Å². The highest BCUT2D eigenvalue weighted by Gasteiger charge is 2.17. The van der Waals surface area contributed by atoms with Crippen molar-refractivity contribution in [3.8, 4) is 0 Å². The Balaban J connectivity index is 1.72. The van der Waals surface area contributed by atoms with Crippen LogP contribution in [0.1, 0.15) is 32.4 Å². The molecule has 0 saturated carbocycles. The van der Waals surface area contributed by atoms with E-state index in [1.165, 1.54) is 17.8 Å². The second kappa shape index (κ2) is 8.86. The fraction of sp³-hybridized carbons (Fsp3) is 0.286. The third-order valence-corrected chi connectivity index (χ3v) is 5.25. The van der Waals surface area contributed by atoms with Crippen LogP contribution in [-0.2, 0) is 11.2 Å². The first kappa shape index (κ1) is 19.2. The minimum Gasteiger partial charge on any atom is -0.325 e. The van der Waals surface area contributed by atoms with E-state index in [4.69, 9.17) is 0 Å². The number of rotatable bonds is 7. The number of carbonyl (C=O) groups excluding carboxylic acids is 1. The smallest absolute Gasteiger partial charge is 0.251 e. The number of amides is 1. The number of unbranched alkanes of at least 4 members (excludes halogenated alkanes) is 1. The monoisotopic (exact) mass is 381 g/mol. The van der Waals surface area contributed by atoms with Gasteiger partial charge in [-0.15, -0.1) is 0 Å². The third-order valence-electron chi connectivity index (χ3n) is 4.26. The van der Waals surface area contributed by atoms with E-state index >= 15 is 0 Å². The summed E-state index contributed by atoms with van der Waals surface area (Å²) in [5.74, 6) is -0.127. The number of carbonyl (C=O) groups is 1. The zero-order valence-corrected chi connectivity index (χ0v) is 16.3. The van der Waals surface area contributed by atoms with Crippen molar-refractivity contribution in [1.29, 1.82) is 0 Å². The lowest BCUT2D eigenvalue weighted by Gasteiger charge is -2.13. The Morgan fingerprint density at radius 2 is 2.00 bits per heavy atom. The molecule has 2 N–H and O–H groups in total. The molecule has 0 aliphatic heterocycles. The molecule has 0 radical (unpaired) electrons. The van der Waals surface area contributed by atoms with Crippen molar-refractivity contribution in [3.63, 3.8) is 0 Å². The second-order valence-corrected chi connectivity index (χ2v) is 7.75. The molecular formula is C21H23N3O2S. The number of hydrogen-bond donors (Lipinski definition) is 2. The normalized spacial score (nSPS) is 12.1. The van der Waals surface area contributed by atoms with Gasteiger partial charge in [-0.3, -0.25) is 9.59 Å². The second-order valence-electron chi connectivity index (χ2n) is 6.42. The van der Waals surface area contributed by atoms with E-state index in [2.05, 4.69) is 22.2 Å². The van der Waals surface area contributed by atoms with Crippen molar-refractivity contribution < 1.29 is 4.79 Å². The number of aromatic amines is 1. The maximum Gasteiger partial charge on any atom is 0.251 e. The number of benzene rings is 2. The van der Waals surface area contributed by atoms with Gasteiger partial charge in [0.25, 0.3) is 5.56 Å². The molecule has 6 heteroatoms. The molecule has 140 valence electrons. The van der Waals surface area contributed by atoms with Crippen LogP contribution < -0.4 is 10.9 Å². The molecule has 0 aliphatic carbocycles. The molecule has 0 aliphatic rings. The number of nitrogens with zero attached hydrogens (tertiary/aromatic N) is 1. The molecule has 3 rings (SSSR count). The van der Waals surface area contributed by atoms with E-state index in [9.17, 15) is 9.59 Å². The molecule has 5 nitrogen and oxygen atoms in total. The van der Waals surface area contributed by atoms with Gasteiger partial charge in [0.1, 0.15) is 0 Å². The van der Waals surface area contributed by atoms with E-state index in [1.807, 2.05) is 49.4 Å². The predicted molar refractivity (Wildman–Crippen MR) is 111 cm³/mol. The number of anilines is 1. The number of H-pyrrole nitrogens is 1. The van der Waals surface area contributed by atoms with Gasteiger partial charge >= 0.3 is 0 Å². The molecule has 1 aromatic heterocycles. The maximum atomic E-state index is 12.7. The van der Waals surface area contributed by atoms with Crippen LogP contribution in [0.4, 0.5) is 5.69 Å². The number of fused-ring (bicyclic) bond motifs is 1. The molecule has 1 unspecified atom stereocenters. The van der Waals surface area contributed by atoms with Gasteiger partial charge < -0.3 is 10.3 Å². The highest BCUT2D eigenvalue weighted by Crippen LogP contribution is 2.25. The highest BCUT2D eigenvalue weighted by atomic mass is 32.2. The molecule has 1 amide bonds. The number of aryl methyl sites for hydroxylation is 1. The van der Waals surface area contributed by atoms with Crippen LogP contribution in [0.15, 0.2) is 58.5 Å². The molecular weight excluding hydrogens is 358 g/mol. The summed E-state index contributed by atoms with van der Waals surface area (Å²) in [5, 5.41) is 5.15. The Kier molecular flexibility index (Phi) is 6.29. The standard InChI is InChI=1S/C21H23N3O2S/c1-3-4-10-16-13-19(25)24-21(22-16)27-14(2)20(26)23-18-12-7-9-15-8-5-6-11-17(15)18/h5-9,11-14H,3-4,10H2,1-2H3,(H,23,26)(H,22,24,25). The van der Waals surface area contributed by atoms with Crippen LogP contribution in [0, 0.1) is 0 Å². The van der Waals surface area contributed by atoms with Gasteiger partial charge in [-0.1, -0.05) is 61.5 Å². The Labute approximate surface area is 162 Å². The van der Waals surface area contributed by atoms with E-state index in [0.717, 1.165) is 41.4 Å². The lowest BCUT2D eigenvalue weighted by Crippen LogP contribution is -2.23. The third kappa shape index (κ3) is 4.98. The number of aromatic nitrogens is 2. The Morgan fingerprint density at radius 1 is 1.22 bits per heavy atom. The van der Waals surface area contributed by atoms with Crippen molar-refractivity contribution >= 4 is 34.1 Å². The first-order chi connectivity index (χ1) is 13.1. The number of thioether (sulfide) groups is 1. The van der Waals surface area contributed by atoms with Crippen molar-refractivity contribution in [2.45, 2.75) is 43.5 Å². The van der Waals surface area contributed by atoms with Crippen molar-refractivity contribution in [3.05, 3.63) is 64.6 Å². The first-order valence-electron chi connectivity index (χ1n) is 9.12. The van der Waals surface area contributed by atoms with Crippen LogP contribution in [0.2, 0.25) is 0 Å². The van der Waals surface area contributed by atoms with E-state index in [0.29, 0.717) is 5.16 Å². The zero-order chi connectivity index (χ0) is 19.2. The van der Waals surface area contributed by atoms with E-state index < -0.39 is 5.25 Å². The summed E-state index contributed by atoms with van der Waals surface area (Å²) in [6, 6.07) is 15.3. The van der Waals surface area contributed by atoms with Crippen LogP contribution in [0.5, 0.6) is 0 Å². The van der Waals surface area contributed by atoms with Gasteiger partial charge in [0.05, 0.1) is 5.25 Å². The lowest BCUT2D eigenvalue weighted by atomic mass is 10.1. The highest BCUT2D eigenvalue weighted by molar-refractivity contribution is 8.00. The van der Waals surface area contributed by atoms with Crippen molar-refractivity contribution in [1.82, 2.24) is 9.97 Å². The quantitative estimate of drug-likeness (QED) is 0.470. The van der Waals surface area contributed by atoms with Crippen LogP contribution in [-0.4, -0.2) is 21.1 Å². The molecule has 1 atom stereocenters. The van der Waals surface area contributed by atoms with Gasteiger partial charge in [-0.2, -0.15) is 0 Å². The van der Waals surface area contributed by atoms with Gasteiger partial charge in [-0.25, -0.2) is 4.98 Å². The Hall–Kier alpha value is -2.60. The first-order valence-corrected chi connectivity index (χ1v) is 10.0. The zero-order valence-electron chi connectivity index (χ0n) is 15.5. The average Bonchev–Trinajstić information content (AvgIpc) is 2.66. The van der Waals surface area contributed by atoms with Crippen LogP contribution >= 0.6 is 11.8 Å². The summed E-state index contributed by atoms with van der Waals surface area (Å²) >= 11 is 1.26. The SMILES string of the molecule is CCCCc1cc(=O)[nH]c(SC(C)C(=O)Nc2cccc3ccccc23)n1. The minimum absolute atomic E-state index is 0.127. The van der Waals surface area contributed by atoms with E-state index in [-0.39, 0.29) is 11.5 Å². The number of nitrogens with one attached hydrogen (secondary N) is 2. The Bertz CT molecular complexity index is 995. The summed E-state index contributed by atoms with van der Waals surface area (Å²) in [6.45, 7) is 3.91. The molecule has 0 saturated heterocycles. The summed E-state index contributed by atoms with van der Waals surface area (Å²) in [4.78, 5) is 31.7. The van der Waals surface area contributed by atoms with Gasteiger partial charge in [-0.05, 0) is 31.2 Å². The van der Waals surface area contributed by atoms with Crippen LogP contribution in [0.25, 0.3) is 10.8 Å². The van der Waals surface area contributed by atoms with Gasteiger partial charge in [0.15, 0.2) is 5.16 Å². The van der Waals surface area contributed by atoms with Crippen molar-refractivity contribution in [2.24, 2.45) is 0 Å². The molecule has 2 aromatic carbocycles. The fourth-order valence-electron chi connectivity index (χ4n) is 2.81. The molecule has 0 spiro atoms. The molecule has 27 heavy (non-hydrogen) atoms.